The van der Waals surface area contributed by atoms with E-state index in [0.717, 1.165) is 18.4 Å². The number of esters is 1. The maximum atomic E-state index is 16.2. The van der Waals surface area contributed by atoms with Crippen LogP contribution in [0.3, 0.4) is 0 Å². The Morgan fingerprint density at radius 3 is 2.30 bits per heavy atom. The highest BCUT2D eigenvalue weighted by molar-refractivity contribution is 7.90. The van der Waals surface area contributed by atoms with Gasteiger partial charge in [0.2, 0.25) is 0 Å². The van der Waals surface area contributed by atoms with E-state index in [-0.39, 0.29) is 18.1 Å². The second-order valence-electron chi connectivity index (χ2n) is 10.3. The van der Waals surface area contributed by atoms with Gasteiger partial charge in [-0.2, -0.15) is 13.2 Å². The second-order valence-corrected chi connectivity index (χ2v) is 12.3. The molecule has 0 bridgehead atoms. The van der Waals surface area contributed by atoms with Crippen molar-refractivity contribution < 1.29 is 36.0 Å². The van der Waals surface area contributed by atoms with Gasteiger partial charge in [-0.25, -0.2) is 8.78 Å². The van der Waals surface area contributed by atoms with Crippen LogP contribution in [0, 0.1) is 25.5 Å². The van der Waals surface area contributed by atoms with E-state index >= 15 is 8.78 Å². The van der Waals surface area contributed by atoms with Crippen LogP contribution >= 0.6 is 0 Å². The molecular weight excluding hydrogens is 513 g/mol. The fourth-order valence-electron chi connectivity index (χ4n) is 4.36. The topological polar surface area (TPSA) is 61.4 Å². The van der Waals surface area contributed by atoms with Crippen LogP contribution in [0.5, 0.6) is 0 Å². The molecule has 4 nitrogen and oxygen atoms in total. The van der Waals surface area contributed by atoms with E-state index in [2.05, 4.69) is 4.72 Å². The molecule has 0 unspecified atom stereocenters. The molecule has 10 heteroatoms. The molecule has 1 fully saturated rings. The minimum atomic E-state index is -5.14. The highest BCUT2D eigenvalue weighted by atomic mass is 32.2. The van der Waals surface area contributed by atoms with Crippen LogP contribution < -0.4 is 4.72 Å². The maximum absolute atomic E-state index is 16.2. The monoisotopic (exact) mass is 545 g/mol. The minimum Gasteiger partial charge on any atom is -0.598 e. The Kier molecular flexibility index (Phi) is 8.66. The summed E-state index contributed by atoms with van der Waals surface area (Å²) < 4.78 is 93.2. The predicted molar refractivity (Wildman–Crippen MR) is 133 cm³/mol. The lowest BCUT2D eigenvalue weighted by molar-refractivity contribution is -0.143. The molecule has 0 heterocycles. The Bertz CT molecular complexity index is 1170. The van der Waals surface area contributed by atoms with Crippen molar-refractivity contribution in [2.24, 2.45) is 0 Å². The molecule has 3 rings (SSSR count). The maximum Gasteiger partial charge on any atom is 0.419 e. The Morgan fingerprint density at radius 1 is 1.16 bits per heavy atom. The second kappa shape index (κ2) is 10.9. The Morgan fingerprint density at radius 2 is 1.78 bits per heavy atom. The fraction of sp³-hybridized carbons (Fsp3) is 0.519. The first-order valence-electron chi connectivity index (χ1n) is 12.1. The van der Waals surface area contributed by atoms with Gasteiger partial charge in [-0.3, -0.25) is 4.79 Å². The highest BCUT2D eigenvalue weighted by Crippen LogP contribution is 2.47. The third kappa shape index (κ3) is 6.46. The summed E-state index contributed by atoms with van der Waals surface area (Å²) in [6, 6.07) is 2.42. The number of benzene rings is 2. The van der Waals surface area contributed by atoms with Crippen LogP contribution in [-0.2, 0) is 27.1 Å². The molecule has 0 saturated heterocycles. The average molecular weight is 546 g/mol. The largest absolute Gasteiger partial charge is 0.598 e. The van der Waals surface area contributed by atoms with Crippen molar-refractivity contribution in [3.8, 4) is 11.1 Å². The summed E-state index contributed by atoms with van der Waals surface area (Å²) in [7, 11) is 0. The van der Waals surface area contributed by atoms with E-state index in [1.807, 2.05) is 6.07 Å². The van der Waals surface area contributed by atoms with Crippen molar-refractivity contribution >= 4 is 17.3 Å². The van der Waals surface area contributed by atoms with E-state index in [4.69, 9.17) is 4.74 Å². The number of ether oxygens (including phenoxy) is 1. The molecule has 2 aromatic carbocycles. The molecule has 37 heavy (non-hydrogen) atoms. The van der Waals surface area contributed by atoms with Gasteiger partial charge >= 0.3 is 12.1 Å². The Hall–Kier alpha value is -2.17. The van der Waals surface area contributed by atoms with Crippen LogP contribution in [-0.4, -0.2) is 21.9 Å². The molecule has 0 aromatic heterocycles. The zero-order valence-electron chi connectivity index (χ0n) is 21.7. The summed E-state index contributed by atoms with van der Waals surface area (Å²) in [4.78, 5) is 12.3. The molecule has 0 amide bonds. The van der Waals surface area contributed by atoms with Crippen molar-refractivity contribution in [1.29, 1.82) is 0 Å². The zero-order chi connectivity index (χ0) is 27.9. The highest BCUT2D eigenvalue weighted by Gasteiger charge is 2.41. The number of carbonyl (C=O) groups is 1. The van der Waals surface area contributed by atoms with Gasteiger partial charge in [0.15, 0.2) is 0 Å². The SMILES string of the molecule is CCOC(=O)C[C@H](N[S@+]([O-])C(C)(C)C)c1c(F)c(-c2c(C)ccc(C3CC3)c2C)cc(C(F)(F)F)c1F. The van der Waals surface area contributed by atoms with Gasteiger partial charge in [0, 0.05) is 22.5 Å². The lowest BCUT2D eigenvalue weighted by Gasteiger charge is -2.29. The number of aryl methyl sites for hydroxylation is 1. The summed E-state index contributed by atoms with van der Waals surface area (Å²) in [5.74, 6) is -3.74. The number of nitrogens with one attached hydrogen (secondary N) is 1. The minimum absolute atomic E-state index is 0.0426. The average Bonchev–Trinajstić information content (AvgIpc) is 3.59. The molecule has 1 N–H and O–H groups in total. The van der Waals surface area contributed by atoms with Crippen LogP contribution in [0.1, 0.15) is 86.7 Å². The van der Waals surface area contributed by atoms with Crippen molar-refractivity contribution in [3.05, 3.63) is 57.7 Å². The van der Waals surface area contributed by atoms with Crippen LogP contribution in [0.15, 0.2) is 18.2 Å². The standard InChI is InChI=1S/C27H32F5NO3S/c1-7-36-21(34)13-20(33-37(35)26(4,5)6)23-24(28)18(12-19(25(23)29)27(30,31)32)22-14(2)8-11-17(15(22)3)16-9-10-16/h8,11-12,16,20,33H,7,9-10,13H2,1-6H3/t20-,37+/m0/s1. The number of rotatable bonds is 8. The third-order valence-electron chi connectivity index (χ3n) is 6.37. The summed E-state index contributed by atoms with van der Waals surface area (Å²) in [6.45, 7) is 9.59. The molecule has 1 aliphatic carbocycles. The first-order chi connectivity index (χ1) is 17.1. The summed E-state index contributed by atoms with van der Waals surface area (Å²) in [5, 5.41) is 0. The molecular formula is C27H32F5NO3S. The molecule has 0 aliphatic heterocycles. The van der Waals surface area contributed by atoms with Gasteiger partial charge in [0.05, 0.1) is 24.6 Å². The van der Waals surface area contributed by atoms with Crippen LogP contribution in [0.4, 0.5) is 22.0 Å². The van der Waals surface area contributed by atoms with Gasteiger partial charge in [-0.05, 0) is 88.6 Å². The Labute approximate surface area is 217 Å². The molecule has 1 saturated carbocycles. The van der Waals surface area contributed by atoms with Gasteiger partial charge in [0.1, 0.15) is 16.4 Å². The summed E-state index contributed by atoms with van der Waals surface area (Å²) in [6.07, 6.45) is -4.00. The Balaban J connectivity index is 2.31. The van der Waals surface area contributed by atoms with E-state index < -0.39 is 69.0 Å². The predicted octanol–water partition coefficient (Wildman–Crippen LogP) is 7.19. The van der Waals surface area contributed by atoms with E-state index in [0.29, 0.717) is 17.2 Å². The van der Waals surface area contributed by atoms with Crippen molar-refractivity contribution in [2.45, 2.75) is 83.7 Å². The van der Waals surface area contributed by atoms with Gasteiger partial charge in [-0.15, -0.1) is 4.72 Å². The fourth-order valence-corrected chi connectivity index (χ4v) is 5.17. The molecule has 1 aliphatic rings. The van der Waals surface area contributed by atoms with Crippen molar-refractivity contribution in [2.75, 3.05) is 6.61 Å². The number of hydrogen-bond donors (Lipinski definition) is 1. The smallest absolute Gasteiger partial charge is 0.419 e. The number of alkyl halides is 3. The third-order valence-corrected chi connectivity index (χ3v) is 7.98. The van der Waals surface area contributed by atoms with Crippen LogP contribution in [0.2, 0.25) is 0 Å². The van der Waals surface area contributed by atoms with E-state index in [1.165, 1.54) is 6.92 Å². The number of halogens is 5. The molecule has 2 aromatic rings. The van der Waals surface area contributed by atoms with Gasteiger partial charge < -0.3 is 9.29 Å². The first kappa shape index (κ1) is 29.4. The van der Waals surface area contributed by atoms with Crippen molar-refractivity contribution in [1.82, 2.24) is 4.72 Å². The molecule has 0 radical (unpaired) electrons. The van der Waals surface area contributed by atoms with Gasteiger partial charge in [0.25, 0.3) is 0 Å². The number of carbonyl (C=O) groups excluding carboxylic acids is 1. The molecule has 2 atom stereocenters. The first-order valence-corrected chi connectivity index (χ1v) is 13.3. The van der Waals surface area contributed by atoms with E-state index in [9.17, 15) is 22.5 Å². The van der Waals surface area contributed by atoms with Crippen LogP contribution in [0.25, 0.3) is 11.1 Å². The molecule has 204 valence electrons. The van der Waals surface area contributed by atoms with Crippen molar-refractivity contribution in [3.63, 3.8) is 0 Å². The summed E-state index contributed by atoms with van der Waals surface area (Å²) in [5.41, 5.74) is -0.758. The lowest BCUT2D eigenvalue weighted by Crippen LogP contribution is -2.42. The number of hydrogen-bond acceptors (Lipinski definition) is 4. The lowest BCUT2D eigenvalue weighted by atomic mass is 9.87. The quantitative estimate of drug-likeness (QED) is 0.217. The normalized spacial score (nSPS) is 16.0. The summed E-state index contributed by atoms with van der Waals surface area (Å²) >= 11 is -1.97. The zero-order valence-corrected chi connectivity index (χ0v) is 22.6. The molecule has 0 spiro atoms. The van der Waals surface area contributed by atoms with E-state index in [1.54, 1.807) is 40.7 Å². The van der Waals surface area contributed by atoms with Gasteiger partial charge in [-0.1, -0.05) is 12.1 Å².